The molecule has 2 N–H and O–H groups in total. The van der Waals surface area contributed by atoms with Crippen molar-refractivity contribution < 1.29 is 45.0 Å². The molecule has 0 saturated carbocycles. The van der Waals surface area contributed by atoms with Crippen LogP contribution in [0.4, 0.5) is 20.8 Å². The van der Waals surface area contributed by atoms with Gasteiger partial charge in [0, 0.05) is 24.2 Å². The number of methoxy groups -OCH3 is 3. The molecule has 25 heteroatoms. The van der Waals surface area contributed by atoms with Gasteiger partial charge in [-0.1, -0.05) is 24.6 Å². The number of hydrogen-bond acceptors (Lipinski definition) is 16. The van der Waals surface area contributed by atoms with Crippen LogP contribution in [-0.4, -0.2) is 90.4 Å². The summed E-state index contributed by atoms with van der Waals surface area (Å²) in [5, 5.41) is 0.982. The number of sulfonamides is 1. The Morgan fingerprint density at radius 2 is 1.70 bits per heavy atom. The summed E-state index contributed by atoms with van der Waals surface area (Å²) in [7, 11) is -4.75. The Bertz CT molecular complexity index is 2620. The molecule has 4 aromatic heterocycles. The third kappa shape index (κ3) is 9.66. The summed E-state index contributed by atoms with van der Waals surface area (Å²) in [6.45, 7) is 2.67. The number of hydrogen-bond donors (Lipinski definition) is 2. The zero-order chi connectivity index (χ0) is 40.8. The summed E-state index contributed by atoms with van der Waals surface area (Å²) < 4.78 is 85.7. The number of carbonyl (C=O) groups is 2. The molecule has 0 radical (unpaired) electrons. The first kappa shape index (κ1) is 42.1. The summed E-state index contributed by atoms with van der Waals surface area (Å²) in [6.07, 6.45) is 3.21. The molecule has 0 spiro atoms. The van der Waals surface area contributed by atoms with E-state index in [4.69, 9.17) is 21.1 Å². The van der Waals surface area contributed by atoms with Crippen LogP contribution in [0, 0.1) is 5.82 Å². The molecule has 2 amide bonds. The highest BCUT2D eigenvalue weighted by Gasteiger charge is 2.33. The van der Waals surface area contributed by atoms with Gasteiger partial charge in [0.2, 0.25) is 22.5 Å². The molecule has 0 saturated heterocycles. The Balaban J connectivity index is 0.000000219. The average molecular weight is 874 g/mol. The number of imidazole rings is 1. The molecule has 0 bridgehead atoms. The number of anilines is 1. The maximum Gasteiger partial charge on any atom is 0.335 e. The van der Waals surface area contributed by atoms with E-state index in [0.29, 0.717) is 22.8 Å². The molecule has 300 valence electrons. The van der Waals surface area contributed by atoms with Crippen molar-refractivity contribution in [2.75, 3.05) is 38.2 Å². The van der Waals surface area contributed by atoms with Crippen molar-refractivity contribution in [3.8, 4) is 11.8 Å². The Morgan fingerprint density at radius 3 is 2.34 bits per heavy atom. The fourth-order valence-corrected chi connectivity index (χ4v) is 9.58. The van der Waals surface area contributed by atoms with E-state index in [9.17, 15) is 35.6 Å². The first-order chi connectivity index (χ1) is 26.6. The lowest BCUT2D eigenvalue weighted by Gasteiger charge is -2.15. The molecular weight excluding hydrogens is 841 g/mol. The van der Waals surface area contributed by atoms with Crippen LogP contribution < -0.4 is 29.2 Å². The number of pyridine rings is 1. The highest BCUT2D eigenvalue weighted by molar-refractivity contribution is 8.00. The summed E-state index contributed by atoms with van der Waals surface area (Å²) in [6, 6.07) is 7.25. The first-order valence-corrected chi connectivity index (χ1v) is 21.5. The van der Waals surface area contributed by atoms with Crippen molar-refractivity contribution in [3.63, 3.8) is 0 Å². The molecule has 19 nitrogen and oxygen atoms in total. The zero-order valence-corrected chi connectivity index (χ0v) is 33.9. The van der Waals surface area contributed by atoms with Gasteiger partial charge in [0.05, 0.1) is 43.9 Å². The lowest BCUT2D eigenvalue weighted by atomic mass is 10.3. The molecule has 0 fully saturated rings. The van der Waals surface area contributed by atoms with Gasteiger partial charge in [-0.3, -0.25) is 24.0 Å². The van der Waals surface area contributed by atoms with Crippen LogP contribution in [0.25, 0.3) is 5.65 Å². The third-order valence-electron chi connectivity index (χ3n) is 7.62. The Morgan fingerprint density at radius 1 is 1.02 bits per heavy atom. The highest BCUT2D eigenvalue weighted by atomic mass is 35.5. The molecule has 5 heterocycles. The van der Waals surface area contributed by atoms with Crippen LogP contribution in [0.3, 0.4) is 0 Å². The van der Waals surface area contributed by atoms with Gasteiger partial charge in [0.25, 0.3) is 10.0 Å². The number of benzene rings is 1. The fraction of sp³-hybridized carbons (Fsp3) is 0.323. The van der Waals surface area contributed by atoms with E-state index in [0.717, 1.165) is 46.4 Å². The summed E-state index contributed by atoms with van der Waals surface area (Å²) in [5.74, 6) is -1.49. The number of aromatic nitrogens is 6. The van der Waals surface area contributed by atoms with Crippen molar-refractivity contribution in [1.82, 2.24) is 33.4 Å². The van der Waals surface area contributed by atoms with Gasteiger partial charge >= 0.3 is 16.9 Å². The first-order valence-electron chi connectivity index (χ1n) is 16.2. The quantitative estimate of drug-likeness (QED) is 0.143. The Kier molecular flexibility index (Phi) is 13.4. The second-order valence-corrected chi connectivity index (χ2v) is 17.3. The van der Waals surface area contributed by atoms with Crippen molar-refractivity contribution in [3.05, 3.63) is 67.9 Å². The van der Waals surface area contributed by atoms with Crippen LogP contribution in [0.15, 0.2) is 67.3 Å². The number of urea groups is 1. The summed E-state index contributed by atoms with van der Waals surface area (Å²) in [4.78, 5) is 52.5. The van der Waals surface area contributed by atoms with E-state index < -0.39 is 47.7 Å². The lowest BCUT2D eigenvalue weighted by Crippen LogP contribution is -2.36. The number of rotatable bonds is 11. The van der Waals surface area contributed by atoms with E-state index in [1.165, 1.54) is 58.7 Å². The summed E-state index contributed by atoms with van der Waals surface area (Å²) in [5.41, 5.74) is 0.163. The summed E-state index contributed by atoms with van der Waals surface area (Å²) >= 11 is 8.17. The second kappa shape index (κ2) is 17.8. The topological polar surface area (TPSA) is 237 Å². The number of amides is 2. The van der Waals surface area contributed by atoms with E-state index in [2.05, 4.69) is 30.0 Å². The predicted octanol–water partition coefficient (Wildman–Crippen LogP) is 3.24. The van der Waals surface area contributed by atoms with Gasteiger partial charge in [-0.2, -0.15) is 18.4 Å². The average Bonchev–Trinajstić information content (AvgIpc) is 3.74. The number of carbonyl (C=O) groups excluding carboxylic acids is 2. The molecule has 5 aromatic rings. The standard InChI is InChI=1S/C16H18N6O7S2.C15H15ClFN3O3S2/c1-4-30(24,25)13-14(22-8-6-5-7-10(22)17-13)31(26,27)21-16(23)20-15-18-11(28-2)9-12(19-15)29-3;1-23-13(21)8-24-12-7-11(10(17)6-9(12)16)18-14-19-4-2-3-5-20(19)15(22)25-14/h5-9H,4H2,1-3H3,(H2,18,19,20,21,23);6-7H,2-5,8H2,1H3. The van der Waals surface area contributed by atoms with Crippen LogP contribution in [0.5, 0.6) is 11.8 Å². The number of halogens is 2. The van der Waals surface area contributed by atoms with Gasteiger partial charge in [-0.15, -0.1) is 11.8 Å². The molecule has 1 aliphatic rings. The van der Waals surface area contributed by atoms with Gasteiger partial charge in [0.1, 0.15) is 17.2 Å². The number of nitrogens with one attached hydrogen (secondary N) is 2. The van der Waals surface area contributed by atoms with Crippen LogP contribution >= 0.6 is 34.7 Å². The van der Waals surface area contributed by atoms with Gasteiger partial charge < -0.3 is 14.2 Å². The maximum absolute atomic E-state index is 14.3. The SMILES string of the molecule is CCS(=O)(=O)c1nc2ccccn2c1S(=O)(=O)NC(=O)Nc1nc(OC)cc(OC)n1.COC(=O)CSc1cc(N=c2sc(=O)n3n2CCCC3)c(F)cc1Cl. The molecule has 1 aromatic carbocycles. The molecule has 0 atom stereocenters. The van der Waals surface area contributed by atoms with Crippen molar-refractivity contribution in [2.45, 2.75) is 47.8 Å². The molecular formula is C31H33ClFN9O10S4. The van der Waals surface area contributed by atoms with E-state index >= 15 is 0 Å². The van der Waals surface area contributed by atoms with Gasteiger partial charge in [-0.05, 0) is 48.4 Å². The van der Waals surface area contributed by atoms with Crippen LogP contribution in [0.2, 0.25) is 5.02 Å². The Hall–Kier alpha value is -5.04. The van der Waals surface area contributed by atoms with Crippen molar-refractivity contribution >= 4 is 83.8 Å². The molecule has 56 heavy (non-hydrogen) atoms. The largest absolute Gasteiger partial charge is 0.481 e. The minimum atomic E-state index is -4.68. The third-order valence-corrected chi connectivity index (χ3v) is 13.1. The zero-order valence-electron chi connectivity index (χ0n) is 29.9. The monoisotopic (exact) mass is 873 g/mol. The smallest absolute Gasteiger partial charge is 0.335 e. The number of nitrogens with zero attached hydrogens (tertiary/aromatic N) is 7. The number of ether oxygens (including phenoxy) is 3. The minimum absolute atomic E-state index is 0.0584. The van der Waals surface area contributed by atoms with E-state index in [1.54, 1.807) is 20.2 Å². The van der Waals surface area contributed by atoms with Crippen molar-refractivity contribution in [1.29, 1.82) is 0 Å². The number of sulfone groups is 1. The van der Waals surface area contributed by atoms with Crippen LogP contribution in [-0.2, 0) is 42.5 Å². The number of thioether (sulfide) groups is 1. The van der Waals surface area contributed by atoms with E-state index in [1.807, 2.05) is 0 Å². The molecule has 0 aliphatic carbocycles. The fourth-order valence-electron chi connectivity index (χ4n) is 4.93. The Labute approximate surface area is 331 Å². The van der Waals surface area contributed by atoms with Gasteiger partial charge in [-0.25, -0.2) is 37.0 Å². The molecule has 1 aliphatic heterocycles. The molecule has 0 unspecified atom stereocenters. The number of fused-ring (bicyclic) bond motifs is 2. The molecule has 6 rings (SSSR count). The minimum Gasteiger partial charge on any atom is -0.481 e. The maximum atomic E-state index is 14.3. The lowest BCUT2D eigenvalue weighted by molar-refractivity contribution is -0.137. The van der Waals surface area contributed by atoms with E-state index in [-0.39, 0.29) is 50.4 Å². The highest BCUT2D eigenvalue weighted by Crippen LogP contribution is 2.33. The normalized spacial score (nSPS) is 13.0. The predicted molar refractivity (Wildman–Crippen MR) is 203 cm³/mol. The van der Waals surface area contributed by atoms with Gasteiger partial charge in [0.15, 0.2) is 19.9 Å². The number of esters is 1. The van der Waals surface area contributed by atoms with Crippen molar-refractivity contribution in [2.24, 2.45) is 4.99 Å². The second-order valence-electron chi connectivity index (χ2n) is 11.2. The van der Waals surface area contributed by atoms with Crippen LogP contribution in [0.1, 0.15) is 19.8 Å².